The Kier molecular flexibility index (Phi) is 7.27. The fourth-order valence-corrected chi connectivity index (χ4v) is 8.87. The molecule has 5 aromatic rings. The summed E-state index contributed by atoms with van der Waals surface area (Å²) in [6.07, 6.45) is 13.0. The van der Waals surface area contributed by atoms with Crippen LogP contribution in [0.2, 0.25) is 0 Å². The highest BCUT2D eigenvalue weighted by Gasteiger charge is 2.46. The van der Waals surface area contributed by atoms with Gasteiger partial charge in [0.1, 0.15) is 22.8 Å². The molecule has 4 aliphatic rings. The molecule has 0 saturated carbocycles. The van der Waals surface area contributed by atoms with Crippen LogP contribution in [-0.2, 0) is 31.2 Å². The van der Waals surface area contributed by atoms with Crippen molar-refractivity contribution in [2.24, 2.45) is 12.5 Å². The van der Waals surface area contributed by atoms with E-state index in [4.69, 9.17) is 9.72 Å². The molecule has 0 radical (unpaired) electrons. The van der Waals surface area contributed by atoms with Crippen LogP contribution in [0.4, 0.5) is 17.2 Å². The predicted octanol–water partition coefficient (Wildman–Crippen LogP) is 3.66. The van der Waals surface area contributed by atoms with Crippen LogP contribution in [0, 0.1) is 5.41 Å². The molecule has 12 heteroatoms. The van der Waals surface area contributed by atoms with Crippen molar-refractivity contribution in [3.8, 4) is 16.9 Å². The van der Waals surface area contributed by atoms with Crippen LogP contribution >= 0.6 is 0 Å². The molecule has 8 heterocycles. The van der Waals surface area contributed by atoms with E-state index in [1.54, 1.807) is 37.8 Å². The number of nitrogens with one attached hydrogen (secondary N) is 1. The standard InChI is InChI=1S/C38H42N8O4/c1-38(2)16-23-15-32-37(49)46(13-12-45(32)33(23)17-38)35-28(20-47)27(6-9-39-35)24-14-29(36(48)42(3)19-24)41-34-5-4-25(18-40-34)43-10-7-31-30(43)8-11-44(31)26-21-50-22-26/h4-6,9,12-15,18-19,26,30-31,47H,7-8,10-11,16-17,20-22H2,1-3H3,(H,40,41). The highest BCUT2D eigenvalue weighted by molar-refractivity contribution is 5.73. The van der Waals surface area contributed by atoms with E-state index in [2.05, 4.69) is 40.0 Å². The number of nitrogens with zero attached hydrogens (tertiary/aromatic N) is 7. The second kappa shape index (κ2) is 11.6. The maximum Gasteiger partial charge on any atom is 0.280 e. The highest BCUT2D eigenvalue weighted by atomic mass is 16.5. The number of pyridine rings is 3. The molecule has 0 bridgehead atoms. The SMILES string of the molecule is Cn1cc(-c2ccnc(-n3ccn4c5c(cc4c3=O)CC(C)(C)C5)c2CO)cc(Nc2ccc(N3CCC4C3CCN4C3COC3)cn2)c1=O. The van der Waals surface area contributed by atoms with Gasteiger partial charge in [0, 0.05) is 73.8 Å². The van der Waals surface area contributed by atoms with Gasteiger partial charge in [-0.05, 0) is 72.6 Å². The molecule has 258 valence electrons. The first kappa shape index (κ1) is 31.2. The molecule has 12 nitrogen and oxygen atoms in total. The van der Waals surface area contributed by atoms with Crippen molar-refractivity contribution < 1.29 is 9.84 Å². The lowest BCUT2D eigenvalue weighted by molar-refractivity contribution is -0.0687. The molecule has 5 aromatic heterocycles. The summed E-state index contributed by atoms with van der Waals surface area (Å²) in [5, 5.41) is 13.9. The van der Waals surface area contributed by atoms with Crippen LogP contribution in [0.15, 0.2) is 70.9 Å². The first-order valence-electron chi connectivity index (χ1n) is 17.6. The molecule has 0 amide bonds. The van der Waals surface area contributed by atoms with Gasteiger partial charge >= 0.3 is 0 Å². The molecule has 0 spiro atoms. The van der Waals surface area contributed by atoms with Crippen LogP contribution in [0.5, 0.6) is 0 Å². The van der Waals surface area contributed by atoms with Gasteiger partial charge in [-0.2, -0.15) is 0 Å². The second-order valence-electron chi connectivity index (χ2n) is 15.1. The summed E-state index contributed by atoms with van der Waals surface area (Å²) in [5.41, 5.74) is 6.05. The van der Waals surface area contributed by atoms with E-state index in [1.165, 1.54) is 20.4 Å². The molecule has 2 N–H and O–H groups in total. The van der Waals surface area contributed by atoms with Crippen LogP contribution in [0.1, 0.15) is 43.5 Å². The molecule has 0 aromatic carbocycles. The van der Waals surface area contributed by atoms with E-state index in [9.17, 15) is 14.7 Å². The fourth-order valence-electron chi connectivity index (χ4n) is 8.87. The van der Waals surface area contributed by atoms with Gasteiger partial charge in [-0.25, -0.2) is 9.97 Å². The number of aryl methyl sites for hydroxylation is 1. The van der Waals surface area contributed by atoms with Crippen molar-refractivity contribution in [3.63, 3.8) is 0 Å². The minimum atomic E-state index is -0.346. The number of aliphatic hydroxyl groups excluding tert-OH is 1. The normalized spacial score (nSPS) is 21.5. The number of aliphatic hydroxyl groups is 1. The lowest BCUT2D eigenvalue weighted by Crippen LogP contribution is -2.52. The average Bonchev–Trinajstić information content (AvgIpc) is 3.83. The molecule has 3 saturated heterocycles. The summed E-state index contributed by atoms with van der Waals surface area (Å²) in [5.74, 6) is 0.925. The predicted molar refractivity (Wildman–Crippen MR) is 192 cm³/mol. The third kappa shape index (κ3) is 4.99. The number of fused-ring (bicyclic) bond motifs is 4. The number of hydrogen-bond acceptors (Lipinski definition) is 9. The quantitative estimate of drug-likeness (QED) is 0.267. The fraction of sp³-hybridized carbons (Fsp3) is 0.421. The Morgan fingerprint density at radius 1 is 1.00 bits per heavy atom. The third-order valence-electron chi connectivity index (χ3n) is 11.3. The first-order valence-corrected chi connectivity index (χ1v) is 17.6. The Hall–Kier alpha value is -4.78. The van der Waals surface area contributed by atoms with Crippen LogP contribution < -0.4 is 21.3 Å². The van der Waals surface area contributed by atoms with Gasteiger partial charge in [-0.3, -0.25) is 19.1 Å². The zero-order chi connectivity index (χ0) is 34.3. The lowest BCUT2D eigenvalue weighted by atomic mass is 9.90. The van der Waals surface area contributed by atoms with E-state index in [0.717, 1.165) is 57.7 Å². The number of anilines is 3. The van der Waals surface area contributed by atoms with Crippen LogP contribution in [0.3, 0.4) is 0 Å². The highest BCUT2D eigenvalue weighted by Crippen LogP contribution is 2.39. The summed E-state index contributed by atoms with van der Waals surface area (Å²) in [7, 11) is 1.70. The number of likely N-dealkylation sites (tertiary alicyclic amines) is 1. The van der Waals surface area contributed by atoms with Crippen LogP contribution in [-0.4, -0.2) is 77.9 Å². The van der Waals surface area contributed by atoms with Crippen molar-refractivity contribution in [2.45, 2.75) is 64.3 Å². The Balaban J connectivity index is 0.998. The van der Waals surface area contributed by atoms with Crippen molar-refractivity contribution in [3.05, 3.63) is 98.8 Å². The van der Waals surface area contributed by atoms with Gasteiger partial charge in [0.15, 0.2) is 0 Å². The summed E-state index contributed by atoms with van der Waals surface area (Å²) >= 11 is 0. The monoisotopic (exact) mass is 674 g/mol. The second-order valence-corrected chi connectivity index (χ2v) is 15.1. The minimum Gasteiger partial charge on any atom is -0.392 e. The lowest BCUT2D eigenvalue weighted by Gasteiger charge is -2.38. The number of ether oxygens (including phenoxy) is 1. The van der Waals surface area contributed by atoms with Crippen molar-refractivity contribution in [2.75, 3.05) is 36.5 Å². The van der Waals surface area contributed by atoms with Gasteiger partial charge in [-0.15, -0.1) is 0 Å². The van der Waals surface area contributed by atoms with E-state index < -0.39 is 0 Å². The van der Waals surface area contributed by atoms with E-state index in [0.29, 0.717) is 57.7 Å². The van der Waals surface area contributed by atoms with Gasteiger partial charge < -0.3 is 29.0 Å². The summed E-state index contributed by atoms with van der Waals surface area (Å²) in [4.78, 5) is 41.5. The van der Waals surface area contributed by atoms with Crippen molar-refractivity contribution >= 4 is 22.7 Å². The summed E-state index contributed by atoms with van der Waals surface area (Å²) in [6, 6.07) is 11.2. The zero-order valence-corrected chi connectivity index (χ0v) is 28.7. The smallest absolute Gasteiger partial charge is 0.280 e. The maximum absolute atomic E-state index is 13.8. The first-order chi connectivity index (χ1) is 24.2. The van der Waals surface area contributed by atoms with Gasteiger partial charge in [0.05, 0.1) is 37.7 Å². The summed E-state index contributed by atoms with van der Waals surface area (Å²) in [6.45, 7) is 7.96. The molecular weight excluding hydrogens is 632 g/mol. The molecule has 2 atom stereocenters. The Bertz CT molecular complexity index is 2250. The zero-order valence-electron chi connectivity index (χ0n) is 28.7. The number of aromatic nitrogens is 5. The topological polar surface area (TPSA) is 122 Å². The molecular formula is C38H42N8O4. The van der Waals surface area contributed by atoms with Crippen molar-refractivity contribution in [1.82, 2.24) is 28.4 Å². The Morgan fingerprint density at radius 2 is 1.84 bits per heavy atom. The molecule has 50 heavy (non-hydrogen) atoms. The molecule has 2 unspecified atom stereocenters. The Labute approximate surface area is 289 Å². The summed E-state index contributed by atoms with van der Waals surface area (Å²) < 4.78 is 10.5. The largest absolute Gasteiger partial charge is 0.392 e. The van der Waals surface area contributed by atoms with Crippen LogP contribution in [0.25, 0.3) is 22.5 Å². The van der Waals surface area contributed by atoms with Gasteiger partial charge in [0.2, 0.25) is 0 Å². The van der Waals surface area contributed by atoms with Gasteiger partial charge in [0.25, 0.3) is 11.1 Å². The van der Waals surface area contributed by atoms with E-state index >= 15 is 0 Å². The number of hydrogen-bond donors (Lipinski definition) is 2. The molecule has 3 fully saturated rings. The number of rotatable bonds is 7. The van der Waals surface area contributed by atoms with E-state index in [-0.39, 0.29) is 23.1 Å². The Morgan fingerprint density at radius 3 is 2.60 bits per heavy atom. The van der Waals surface area contributed by atoms with Crippen molar-refractivity contribution in [1.29, 1.82) is 0 Å². The minimum absolute atomic E-state index is 0.171. The molecule has 3 aliphatic heterocycles. The van der Waals surface area contributed by atoms with E-state index in [1.807, 2.05) is 28.9 Å². The third-order valence-corrected chi connectivity index (χ3v) is 11.3. The maximum atomic E-state index is 13.8. The molecule has 9 rings (SSSR count). The average molecular weight is 675 g/mol. The van der Waals surface area contributed by atoms with Gasteiger partial charge in [-0.1, -0.05) is 13.8 Å². The molecule has 1 aliphatic carbocycles.